The van der Waals surface area contributed by atoms with E-state index in [1.54, 1.807) is 6.92 Å². The van der Waals surface area contributed by atoms with Crippen LogP contribution in [0.25, 0.3) is 11.2 Å². The minimum absolute atomic E-state index is 0.0867. The molecule has 0 aliphatic carbocycles. The zero-order chi connectivity index (χ0) is 10.8. The van der Waals surface area contributed by atoms with Gasteiger partial charge in [0, 0.05) is 0 Å². The van der Waals surface area contributed by atoms with Crippen molar-refractivity contribution >= 4 is 22.9 Å². The van der Waals surface area contributed by atoms with Crippen LogP contribution in [0.15, 0.2) is 6.20 Å². The molecule has 0 fully saturated rings. The zero-order valence-electron chi connectivity index (χ0n) is 8.02. The van der Waals surface area contributed by atoms with E-state index in [1.807, 2.05) is 0 Å². The van der Waals surface area contributed by atoms with Crippen molar-refractivity contribution in [3.8, 4) is 11.8 Å². The molecular weight excluding hydrogens is 192 g/mol. The first-order valence-electron chi connectivity index (χ1n) is 4.19. The van der Waals surface area contributed by atoms with Crippen LogP contribution < -0.4 is 11.5 Å². The maximum atomic E-state index is 5.64. The smallest absolute Gasteiger partial charge is 0.224 e. The number of nitrogens with zero attached hydrogens (tertiary/aromatic N) is 4. The van der Waals surface area contributed by atoms with Crippen LogP contribution in [-0.2, 0) is 0 Å². The summed E-state index contributed by atoms with van der Waals surface area (Å²) in [6, 6.07) is 0. The van der Waals surface area contributed by atoms with Crippen LogP contribution in [0.5, 0.6) is 0 Å². The minimum Gasteiger partial charge on any atom is -0.382 e. The van der Waals surface area contributed by atoms with Gasteiger partial charge in [-0.05, 0) is 12.8 Å². The number of fused-ring (bicyclic) bond motifs is 1. The van der Waals surface area contributed by atoms with E-state index < -0.39 is 0 Å². The molecule has 2 aromatic rings. The van der Waals surface area contributed by atoms with Gasteiger partial charge in [0.25, 0.3) is 0 Å². The van der Waals surface area contributed by atoms with E-state index in [9.17, 15) is 0 Å². The highest BCUT2D eigenvalue weighted by atomic mass is 15.1. The maximum absolute atomic E-state index is 5.64. The molecule has 0 atom stereocenters. The number of nitrogens with two attached hydrogens (primary N) is 2. The van der Waals surface area contributed by atoms with Crippen molar-refractivity contribution in [1.29, 1.82) is 0 Å². The van der Waals surface area contributed by atoms with Gasteiger partial charge in [0.05, 0.1) is 6.20 Å². The summed E-state index contributed by atoms with van der Waals surface area (Å²) < 4.78 is 0. The molecule has 74 valence electrons. The van der Waals surface area contributed by atoms with Crippen molar-refractivity contribution in [1.82, 2.24) is 19.9 Å². The summed E-state index contributed by atoms with van der Waals surface area (Å²) in [4.78, 5) is 15.9. The van der Waals surface area contributed by atoms with E-state index in [2.05, 4.69) is 31.8 Å². The Balaban J connectivity index is 2.74. The van der Waals surface area contributed by atoms with Gasteiger partial charge < -0.3 is 11.5 Å². The summed E-state index contributed by atoms with van der Waals surface area (Å²) >= 11 is 0. The van der Waals surface area contributed by atoms with Gasteiger partial charge in [0.1, 0.15) is 5.69 Å². The second kappa shape index (κ2) is 3.38. The molecule has 0 aliphatic heterocycles. The Hall–Kier alpha value is -2.42. The number of rotatable bonds is 0. The van der Waals surface area contributed by atoms with E-state index in [0.717, 1.165) is 0 Å². The Morgan fingerprint density at radius 3 is 2.73 bits per heavy atom. The molecule has 0 unspecified atom stereocenters. The molecule has 0 radical (unpaired) electrons. The van der Waals surface area contributed by atoms with Crippen LogP contribution in [0.4, 0.5) is 11.8 Å². The summed E-state index contributed by atoms with van der Waals surface area (Å²) in [5.74, 6) is 5.80. The second-order valence-corrected chi connectivity index (χ2v) is 2.77. The number of hydrogen-bond donors (Lipinski definition) is 2. The molecule has 6 heteroatoms. The van der Waals surface area contributed by atoms with Gasteiger partial charge in [-0.15, -0.1) is 0 Å². The summed E-state index contributed by atoms with van der Waals surface area (Å²) in [6.07, 6.45) is 1.52. The lowest BCUT2D eigenvalue weighted by Crippen LogP contribution is -2.03. The number of aromatic nitrogens is 4. The average molecular weight is 200 g/mol. The van der Waals surface area contributed by atoms with Gasteiger partial charge in [-0.25, -0.2) is 9.97 Å². The predicted octanol–water partition coefficient (Wildman–Crippen LogP) is -0.0444. The number of nitrogen functional groups attached to an aromatic ring is 2. The Morgan fingerprint density at radius 1 is 1.20 bits per heavy atom. The molecule has 2 aromatic heterocycles. The minimum atomic E-state index is 0.0867. The molecule has 2 rings (SSSR count). The number of anilines is 2. The maximum Gasteiger partial charge on any atom is 0.224 e. The fraction of sp³-hybridized carbons (Fsp3) is 0.111. The van der Waals surface area contributed by atoms with E-state index in [-0.39, 0.29) is 11.8 Å². The molecule has 0 spiro atoms. The largest absolute Gasteiger partial charge is 0.382 e. The van der Waals surface area contributed by atoms with Crippen molar-refractivity contribution in [2.75, 3.05) is 11.5 Å². The quantitative estimate of drug-likeness (QED) is 0.578. The Bertz CT molecular complexity index is 580. The lowest BCUT2D eigenvalue weighted by molar-refractivity contribution is 1.15. The molecule has 0 aromatic carbocycles. The highest BCUT2D eigenvalue weighted by Crippen LogP contribution is 2.13. The lowest BCUT2D eigenvalue weighted by atomic mass is 10.4. The van der Waals surface area contributed by atoms with Gasteiger partial charge in [0.15, 0.2) is 17.0 Å². The molecule has 2 heterocycles. The molecular formula is C9H8N6. The summed E-state index contributed by atoms with van der Waals surface area (Å²) in [6.45, 7) is 1.72. The van der Waals surface area contributed by atoms with Gasteiger partial charge >= 0.3 is 0 Å². The summed E-state index contributed by atoms with van der Waals surface area (Å²) in [5, 5.41) is 0. The summed E-state index contributed by atoms with van der Waals surface area (Å²) in [7, 11) is 0. The normalized spacial score (nSPS) is 9.67. The second-order valence-electron chi connectivity index (χ2n) is 2.77. The fourth-order valence-corrected chi connectivity index (χ4v) is 1.13. The van der Waals surface area contributed by atoms with Crippen molar-refractivity contribution in [3.63, 3.8) is 0 Å². The molecule has 0 aliphatic rings. The van der Waals surface area contributed by atoms with E-state index >= 15 is 0 Å². The standard InChI is InChI=1S/C9H8N6/c1-2-3-5-4-12-8-6(13-5)7(10)14-9(11)15-8/h4H,1H3,(H4,10,11,12,14,15). The molecule has 0 amide bonds. The molecule has 15 heavy (non-hydrogen) atoms. The summed E-state index contributed by atoms with van der Waals surface area (Å²) in [5.41, 5.74) is 12.4. The molecule has 0 saturated heterocycles. The van der Waals surface area contributed by atoms with Crippen LogP contribution in [0.3, 0.4) is 0 Å². The SMILES string of the molecule is CC#Cc1cnc2nc(N)nc(N)c2n1. The predicted molar refractivity (Wildman–Crippen MR) is 56.5 cm³/mol. The highest BCUT2D eigenvalue weighted by Gasteiger charge is 2.06. The average Bonchev–Trinajstić information content (AvgIpc) is 2.19. The van der Waals surface area contributed by atoms with Crippen molar-refractivity contribution in [3.05, 3.63) is 11.9 Å². The van der Waals surface area contributed by atoms with E-state index in [1.165, 1.54) is 6.20 Å². The Labute approximate surface area is 85.8 Å². The first kappa shape index (κ1) is 9.15. The van der Waals surface area contributed by atoms with Crippen LogP contribution in [0, 0.1) is 11.8 Å². The molecule has 0 bridgehead atoms. The van der Waals surface area contributed by atoms with E-state index in [4.69, 9.17) is 11.5 Å². The van der Waals surface area contributed by atoms with Crippen LogP contribution >= 0.6 is 0 Å². The van der Waals surface area contributed by atoms with Crippen molar-refractivity contribution < 1.29 is 0 Å². The Morgan fingerprint density at radius 2 is 2.00 bits per heavy atom. The monoisotopic (exact) mass is 200 g/mol. The third-order valence-corrected chi connectivity index (χ3v) is 1.70. The lowest BCUT2D eigenvalue weighted by Gasteiger charge is -2.00. The molecule has 4 N–H and O–H groups in total. The molecule has 6 nitrogen and oxygen atoms in total. The Kier molecular flexibility index (Phi) is 2.06. The topological polar surface area (TPSA) is 104 Å². The number of hydrogen-bond acceptors (Lipinski definition) is 6. The molecule has 0 saturated carbocycles. The zero-order valence-corrected chi connectivity index (χ0v) is 8.02. The first-order chi connectivity index (χ1) is 7.20. The fourth-order valence-electron chi connectivity index (χ4n) is 1.13. The van der Waals surface area contributed by atoms with Gasteiger partial charge in [0.2, 0.25) is 5.95 Å². The van der Waals surface area contributed by atoms with Crippen molar-refractivity contribution in [2.45, 2.75) is 6.92 Å². The van der Waals surface area contributed by atoms with Crippen LogP contribution in [0.2, 0.25) is 0 Å². The van der Waals surface area contributed by atoms with Gasteiger partial charge in [-0.2, -0.15) is 9.97 Å². The first-order valence-corrected chi connectivity index (χ1v) is 4.19. The van der Waals surface area contributed by atoms with Crippen LogP contribution in [0.1, 0.15) is 12.6 Å². The highest BCUT2D eigenvalue weighted by molar-refractivity contribution is 5.81. The van der Waals surface area contributed by atoms with E-state index in [0.29, 0.717) is 16.9 Å². The van der Waals surface area contributed by atoms with Gasteiger partial charge in [-0.3, -0.25) is 0 Å². The third kappa shape index (κ3) is 1.62. The van der Waals surface area contributed by atoms with Crippen molar-refractivity contribution in [2.24, 2.45) is 0 Å². The van der Waals surface area contributed by atoms with Gasteiger partial charge in [-0.1, -0.05) is 5.92 Å². The third-order valence-electron chi connectivity index (χ3n) is 1.70. The van der Waals surface area contributed by atoms with Crippen LogP contribution in [-0.4, -0.2) is 19.9 Å².